The van der Waals surface area contributed by atoms with Crippen LogP contribution in [0.25, 0.3) is 0 Å². The largest absolute Gasteiger partial charge is 0.312 e. The second kappa shape index (κ2) is 10.6. The van der Waals surface area contributed by atoms with E-state index < -0.39 is 0 Å². The van der Waals surface area contributed by atoms with Crippen LogP contribution in [-0.2, 0) is 0 Å². The summed E-state index contributed by atoms with van der Waals surface area (Å²) in [6.45, 7) is 15.0. The molecular weight excluding hydrogens is 234 g/mol. The van der Waals surface area contributed by atoms with Gasteiger partial charge in [0.2, 0.25) is 0 Å². The highest BCUT2D eigenvalue weighted by Crippen LogP contribution is 2.02. The third-order valence-corrected chi connectivity index (χ3v) is 3.21. The van der Waals surface area contributed by atoms with Crippen LogP contribution >= 0.6 is 0 Å². The van der Waals surface area contributed by atoms with Crippen molar-refractivity contribution in [3.05, 3.63) is 0 Å². The Morgan fingerprint density at radius 2 is 1.53 bits per heavy atom. The highest BCUT2D eigenvalue weighted by atomic mass is 15.2. The number of nitrogens with zero attached hydrogens (tertiary/aromatic N) is 2. The van der Waals surface area contributed by atoms with Gasteiger partial charge in [-0.25, -0.2) is 0 Å². The number of unbranched alkanes of at least 4 members (excludes halogenated alkanes) is 2. The minimum Gasteiger partial charge on any atom is -0.312 e. The Morgan fingerprint density at radius 3 is 2.05 bits per heavy atom. The molecule has 1 N–H and O–H groups in total. The highest BCUT2D eigenvalue weighted by molar-refractivity contribution is 4.69. The fourth-order valence-corrected chi connectivity index (χ4v) is 2.09. The molecule has 0 aromatic rings. The van der Waals surface area contributed by atoms with Crippen LogP contribution in [0.3, 0.4) is 0 Å². The average molecular weight is 271 g/mol. The first-order valence-corrected chi connectivity index (χ1v) is 7.97. The van der Waals surface area contributed by atoms with Crippen LogP contribution < -0.4 is 5.32 Å². The molecular formula is C16H37N3. The molecule has 3 heteroatoms. The van der Waals surface area contributed by atoms with Crippen molar-refractivity contribution in [2.24, 2.45) is 0 Å². The van der Waals surface area contributed by atoms with E-state index in [4.69, 9.17) is 0 Å². The van der Waals surface area contributed by atoms with Crippen LogP contribution in [-0.4, -0.2) is 62.2 Å². The van der Waals surface area contributed by atoms with Gasteiger partial charge in [0, 0.05) is 18.6 Å². The lowest BCUT2D eigenvalue weighted by molar-refractivity contribution is 0.236. The third kappa shape index (κ3) is 14.1. The van der Waals surface area contributed by atoms with Crippen LogP contribution in [0.15, 0.2) is 0 Å². The molecule has 116 valence electrons. The van der Waals surface area contributed by atoms with Gasteiger partial charge in [0.05, 0.1) is 0 Å². The van der Waals surface area contributed by atoms with Gasteiger partial charge in [0.1, 0.15) is 0 Å². The molecule has 0 spiro atoms. The van der Waals surface area contributed by atoms with Crippen LogP contribution in [0.1, 0.15) is 53.4 Å². The SMILES string of the molecule is CCCN(CCCCCNC(C)(C)C)CCN(C)C. The Hall–Kier alpha value is -0.120. The van der Waals surface area contributed by atoms with E-state index >= 15 is 0 Å². The average Bonchev–Trinajstić information content (AvgIpc) is 2.28. The van der Waals surface area contributed by atoms with Crippen molar-refractivity contribution in [2.45, 2.75) is 58.9 Å². The summed E-state index contributed by atoms with van der Waals surface area (Å²) in [5, 5.41) is 3.55. The molecule has 3 nitrogen and oxygen atoms in total. The molecule has 0 aliphatic heterocycles. The van der Waals surface area contributed by atoms with Crippen molar-refractivity contribution in [3.63, 3.8) is 0 Å². The van der Waals surface area contributed by atoms with Gasteiger partial charge in [0.25, 0.3) is 0 Å². The van der Waals surface area contributed by atoms with E-state index in [1.165, 1.54) is 51.9 Å². The Kier molecular flexibility index (Phi) is 10.6. The molecule has 0 heterocycles. The van der Waals surface area contributed by atoms with E-state index in [0.717, 1.165) is 6.54 Å². The Balaban J connectivity index is 3.58. The van der Waals surface area contributed by atoms with E-state index in [2.05, 4.69) is 56.9 Å². The fourth-order valence-electron chi connectivity index (χ4n) is 2.09. The normalized spacial score (nSPS) is 12.6. The quantitative estimate of drug-likeness (QED) is 0.583. The van der Waals surface area contributed by atoms with Gasteiger partial charge in [-0.2, -0.15) is 0 Å². The minimum absolute atomic E-state index is 0.264. The zero-order valence-corrected chi connectivity index (χ0v) is 14.3. The van der Waals surface area contributed by atoms with Gasteiger partial charge >= 0.3 is 0 Å². The standard InChI is InChI=1S/C16H37N3/c1-7-12-19(15-14-18(5)6)13-10-8-9-11-17-16(2,3)4/h17H,7-15H2,1-6H3. The second-order valence-corrected chi connectivity index (χ2v) is 6.88. The van der Waals surface area contributed by atoms with E-state index in [0.29, 0.717) is 0 Å². The summed E-state index contributed by atoms with van der Waals surface area (Å²) in [5.41, 5.74) is 0.264. The van der Waals surface area contributed by atoms with E-state index in [-0.39, 0.29) is 5.54 Å². The second-order valence-electron chi connectivity index (χ2n) is 6.88. The molecule has 0 aliphatic carbocycles. The molecule has 0 atom stereocenters. The lowest BCUT2D eigenvalue weighted by Crippen LogP contribution is -2.36. The fraction of sp³-hybridized carbons (Fsp3) is 1.00. The lowest BCUT2D eigenvalue weighted by Gasteiger charge is -2.24. The summed E-state index contributed by atoms with van der Waals surface area (Å²) in [7, 11) is 4.31. The van der Waals surface area contributed by atoms with E-state index in [1.807, 2.05) is 0 Å². The van der Waals surface area contributed by atoms with Gasteiger partial charge in [-0.1, -0.05) is 13.3 Å². The molecule has 0 fully saturated rings. The molecule has 0 aliphatic rings. The predicted octanol–water partition coefficient (Wildman–Crippen LogP) is 2.82. The van der Waals surface area contributed by atoms with Gasteiger partial charge in [-0.3, -0.25) is 0 Å². The van der Waals surface area contributed by atoms with E-state index in [9.17, 15) is 0 Å². The van der Waals surface area contributed by atoms with Crippen molar-refractivity contribution in [2.75, 3.05) is 46.8 Å². The van der Waals surface area contributed by atoms with Gasteiger partial charge in [0.15, 0.2) is 0 Å². The van der Waals surface area contributed by atoms with Gasteiger partial charge in [-0.15, -0.1) is 0 Å². The van der Waals surface area contributed by atoms with Crippen LogP contribution in [0.4, 0.5) is 0 Å². The number of rotatable bonds is 11. The molecule has 0 aromatic heterocycles. The summed E-state index contributed by atoms with van der Waals surface area (Å²) in [6, 6.07) is 0. The summed E-state index contributed by atoms with van der Waals surface area (Å²) in [5.74, 6) is 0. The van der Waals surface area contributed by atoms with Gasteiger partial charge in [-0.05, 0) is 73.8 Å². The maximum Gasteiger partial charge on any atom is 0.0109 e. The summed E-state index contributed by atoms with van der Waals surface area (Å²) >= 11 is 0. The first-order chi connectivity index (χ1) is 8.85. The maximum absolute atomic E-state index is 3.55. The monoisotopic (exact) mass is 271 g/mol. The van der Waals surface area contributed by atoms with E-state index in [1.54, 1.807) is 0 Å². The number of likely N-dealkylation sites (N-methyl/N-ethyl adjacent to an activating group) is 1. The molecule has 0 saturated heterocycles. The molecule has 0 rings (SSSR count). The maximum atomic E-state index is 3.55. The van der Waals surface area contributed by atoms with Gasteiger partial charge < -0.3 is 15.1 Å². The van der Waals surface area contributed by atoms with Crippen molar-refractivity contribution in [1.82, 2.24) is 15.1 Å². The van der Waals surface area contributed by atoms with Crippen LogP contribution in [0.5, 0.6) is 0 Å². The molecule has 0 radical (unpaired) electrons. The predicted molar refractivity (Wildman–Crippen MR) is 86.9 cm³/mol. The van der Waals surface area contributed by atoms with Crippen molar-refractivity contribution >= 4 is 0 Å². The number of nitrogens with one attached hydrogen (secondary N) is 1. The minimum atomic E-state index is 0.264. The van der Waals surface area contributed by atoms with Crippen molar-refractivity contribution in [3.8, 4) is 0 Å². The summed E-state index contributed by atoms with van der Waals surface area (Å²) < 4.78 is 0. The molecule has 0 amide bonds. The number of hydrogen-bond donors (Lipinski definition) is 1. The Morgan fingerprint density at radius 1 is 0.842 bits per heavy atom. The summed E-state index contributed by atoms with van der Waals surface area (Å²) in [4.78, 5) is 4.88. The van der Waals surface area contributed by atoms with Crippen molar-refractivity contribution < 1.29 is 0 Å². The highest BCUT2D eigenvalue weighted by Gasteiger charge is 2.07. The molecule has 0 bridgehead atoms. The lowest BCUT2D eigenvalue weighted by atomic mass is 10.1. The Bertz CT molecular complexity index is 197. The third-order valence-electron chi connectivity index (χ3n) is 3.21. The molecule has 19 heavy (non-hydrogen) atoms. The zero-order valence-electron chi connectivity index (χ0n) is 14.3. The summed E-state index contributed by atoms with van der Waals surface area (Å²) in [6.07, 6.45) is 5.23. The van der Waals surface area contributed by atoms with Crippen LogP contribution in [0.2, 0.25) is 0 Å². The molecule has 0 unspecified atom stereocenters. The van der Waals surface area contributed by atoms with Crippen molar-refractivity contribution in [1.29, 1.82) is 0 Å². The first kappa shape index (κ1) is 18.9. The Labute approximate surface area is 121 Å². The molecule has 0 saturated carbocycles. The smallest absolute Gasteiger partial charge is 0.0109 e. The number of hydrogen-bond acceptors (Lipinski definition) is 3. The first-order valence-electron chi connectivity index (χ1n) is 7.97. The molecule has 0 aromatic carbocycles. The van der Waals surface area contributed by atoms with Crippen LogP contribution in [0, 0.1) is 0 Å². The topological polar surface area (TPSA) is 18.5 Å². The zero-order chi connectivity index (χ0) is 14.7.